The topological polar surface area (TPSA) is 21.5 Å². The summed E-state index contributed by atoms with van der Waals surface area (Å²) in [7, 11) is 3.98. The highest BCUT2D eigenvalue weighted by Crippen LogP contribution is 2.01. The number of nitrogens with one attached hydrogen (secondary N) is 1. The monoisotopic (exact) mass is 178 g/mol. The van der Waals surface area contributed by atoms with E-state index in [1.54, 1.807) is 0 Å². The maximum atomic E-state index is 11.8. The number of quaternary nitrogens is 1. The van der Waals surface area contributed by atoms with Crippen LogP contribution in [0, 0.1) is 0 Å². The molecule has 1 rings (SSSR count). The Morgan fingerprint density at radius 3 is 2.23 bits per heavy atom. The Hall–Kier alpha value is -1.15. The molecule has 2 heteroatoms. The van der Waals surface area contributed by atoms with E-state index < -0.39 is 0 Å². The Morgan fingerprint density at radius 2 is 1.77 bits per heavy atom. The lowest BCUT2D eigenvalue weighted by atomic mass is 10.1. The summed E-state index contributed by atoms with van der Waals surface area (Å²) >= 11 is 0. The van der Waals surface area contributed by atoms with Crippen molar-refractivity contribution < 1.29 is 9.69 Å². The first kappa shape index (κ1) is 9.93. The molecule has 1 aromatic rings. The minimum absolute atomic E-state index is 0.0300. The maximum absolute atomic E-state index is 11.8. The predicted octanol–water partition coefficient (Wildman–Crippen LogP) is 0.402. The number of carbonyl (C=O) groups excluding carboxylic acids is 1. The van der Waals surface area contributed by atoms with E-state index in [1.165, 1.54) is 0 Å². The number of carbonyl (C=O) groups is 1. The van der Waals surface area contributed by atoms with Crippen LogP contribution in [-0.4, -0.2) is 25.9 Å². The van der Waals surface area contributed by atoms with Crippen molar-refractivity contribution in [3.05, 3.63) is 35.9 Å². The minimum atomic E-state index is 0.0300. The molecule has 0 unspecified atom stereocenters. The van der Waals surface area contributed by atoms with Gasteiger partial charge in [0.25, 0.3) is 0 Å². The molecule has 0 radical (unpaired) electrons. The second kappa shape index (κ2) is 4.19. The molecule has 13 heavy (non-hydrogen) atoms. The number of rotatable bonds is 3. The lowest BCUT2D eigenvalue weighted by Gasteiger charge is -2.15. The first-order valence-electron chi connectivity index (χ1n) is 4.52. The van der Waals surface area contributed by atoms with Gasteiger partial charge in [0.15, 0.2) is 0 Å². The molecule has 1 aromatic carbocycles. The van der Waals surface area contributed by atoms with E-state index in [9.17, 15) is 4.79 Å². The SMILES string of the molecule is C[C@@H](C(=O)c1ccccc1)[NH+](C)C. The highest BCUT2D eigenvalue weighted by atomic mass is 16.1. The summed E-state index contributed by atoms with van der Waals surface area (Å²) < 4.78 is 0. The molecular formula is C11H16NO+. The second-order valence-electron chi connectivity index (χ2n) is 3.53. The second-order valence-corrected chi connectivity index (χ2v) is 3.53. The molecule has 0 aliphatic rings. The van der Waals surface area contributed by atoms with Crippen LogP contribution in [0.2, 0.25) is 0 Å². The maximum Gasteiger partial charge on any atom is 0.219 e. The number of hydrogen-bond acceptors (Lipinski definition) is 1. The Morgan fingerprint density at radius 1 is 1.23 bits per heavy atom. The average molecular weight is 178 g/mol. The molecule has 70 valence electrons. The largest absolute Gasteiger partial charge is 0.331 e. The zero-order valence-electron chi connectivity index (χ0n) is 8.37. The van der Waals surface area contributed by atoms with Gasteiger partial charge in [-0.15, -0.1) is 0 Å². The van der Waals surface area contributed by atoms with E-state index in [0.717, 1.165) is 10.5 Å². The van der Waals surface area contributed by atoms with Crippen LogP contribution in [0.15, 0.2) is 30.3 Å². The van der Waals surface area contributed by atoms with Crippen LogP contribution in [0.3, 0.4) is 0 Å². The van der Waals surface area contributed by atoms with E-state index in [0.29, 0.717) is 0 Å². The van der Waals surface area contributed by atoms with Gasteiger partial charge in [-0.1, -0.05) is 30.3 Å². The van der Waals surface area contributed by atoms with Gasteiger partial charge in [0.2, 0.25) is 5.78 Å². The molecule has 0 aromatic heterocycles. The number of Topliss-reactive ketones (excluding diaryl/α,β-unsaturated/α-hetero) is 1. The fraction of sp³-hybridized carbons (Fsp3) is 0.364. The summed E-state index contributed by atoms with van der Waals surface area (Å²) in [6.45, 7) is 1.95. The van der Waals surface area contributed by atoms with Crippen molar-refractivity contribution in [3.63, 3.8) is 0 Å². The van der Waals surface area contributed by atoms with Crippen molar-refractivity contribution in [2.24, 2.45) is 0 Å². The summed E-state index contributed by atoms with van der Waals surface area (Å²) in [4.78, 5) is 12.9. The zero-order valence-corrected chi connectivity index (χ0v) is 8.37. The fourth-order valence-electron chi connectivity index (χ4n) is 1.11. The van der Waals surface area contributed by atoms with Gasteiger partial charge in [0.1, 0.15) is 6.04 Å². The van der Waals surface area contributed by atoms with E-state index in [2.05, 4.69) is 0 Å². The molecule has 0 bridgehead atoms. The number of benzene rings is 1. The third kappa shape index (κ3) is 2.39. The van der Waals surface area contributed by atoms with Crippen LogP contribution in [0.4, 0.5) is 0 Å². The van der Waals surface area contributed by atoms with Crippen molar-refractivity contribution in [1.29, 1.82) is 0 Å². The molecular weight excluding hydrogens is 162 g/mol. The van der Waals surface area contributed by atoms with Crippen LogP contribution in [-0.2, 0) is 0 Å². The van der Waals surface area contributed by atoms with Crippen LogP contribution < -0.4 is 4.90 Å². The fourth-order valence-corrected chi connectivity index (χ4v) is 1.11. The van der Waals surface area contributed by atoms with Crippen LogP contribution >= 0.6 is 0 Å². The number of ketones is 1. The van der Waals surface area contributed by atoms with Crippen LogP contribution in [0.25, 0.3) is 0 Å². The smallest absolute Gasteiger partial charge is 0.219 e. The van der Waals surface area contributed by atoms with E-state index in [1.807, 2.05) is 51.4 Å². The third-order valence-corrected chi connectivity index (χ3v) is 2.32. The lowest BCUT2D eigenvalue weighted by Crippen LogP contribution is -3.10. The van der Waals surface area contributed by atoms with E-state index >= 15 is 0 Å². The lowest BCUT2D eigenvalue weighted by molar-refractivity contribution is -0.872. The quantitative estimate of drug-likeness (QED) is 0.665. The molecule has 0 aliphatic heterocycles. The van der Waals surface area contributed by atoms with Crippen molar-refractivity contribution in [1.82, 2.24) is 0 Å². The van der Waals surface area contributed by atoms with Crippen molar-refractivity contribution in [2.45, 2.75) is 13.0 Å². The zero-order chi connectivity index (χ0) is 9.84. The highest BCUT2D eigenvalue weighted by molar-refractivity contribution is 5.98. The molecule has 0 spiro atoms. The molecule has 1 N–H and O–H groups in total. The van der Waals surface area contributed by atoms with Crippen molar-refractivity contribution >= 4 is 5.78 Å². The molecule has 0 fully saturated rings. The Balaban J connectivity index is 2.80. The Bertz CT molecular complexity index is 279. The Labute approximate surface area is 79.2 Å². The van der Waals surface area contributed by atoms with E-state index in [4.69, 9.17) is 0 Å². The third-order valence-electron chi connectivity index (χ3n) is 2.32. The van der Waals surface area contributed by atoms with Crippen molar-refractivity contribution in [3.8, 4) is 0 Å². The number of hydrogen-bond donors (Lipinski definition) is 1. The van der Waals surface area contributed by atoms with Gasteiger partial charge in [0, 0.05) is 5.56 Å². The summed E-state index contributed by atoms with van der Waals surface area (Å²) in [5.41, 5.74) is 0.802. The van der Waals surface area contributed by atoms with Gasteiger partial charge in [-0.25, -0.2) is 0 Å². The minimum Gasteiger partial charge on any atom is -0.331 e. The molecule has 0 heterocycles. The standard InChI is InChI=1S/C11H15NO/c1-9(12(2)3)11(13)10-7-5-4-6-8-10/h4-9H,1-3H3/p+1/t9-/m0/s1. The van der Waals surface area contributed by atoms with Crippen LogP contribution in [0.1, 0.15) is 17.3 Å². The average Bonchev–Trinajstić information content (AvgIpc) is 2.17. The summed E-state index contributed by atoms with van der Waals surface area (Å²) in [5, 5.41) is 0. The van der Waals surface area contributed by atoms with Gasteiger partial charge in [-0.05, 0) is 6.92 Å². The first-order valence-corrected chi connectivity index (χ1v) is 4.52. The van der Waals surface area contributed by atoms with E-state index in [-0.39, 0.29) is 11.8 Å². The number of likely N-dealkylation sites (N-methyl/N-ethyl adjacent to an activating group) is 1. The molecule has 0 saturated heterocycles. The normalized spacial score (nSPS) is 12.9. The first-order chi connectivity index (χ1) is 6.13. The van der Waals surface area contributed by atoms with Gasteiger partial charge < -0.3 is 4.90 Å². The molecule has 0 saturated carbocycles. The molecule has 1 atom stereocenters. The van der Waals surface area contributed by atoms with Gasteiger partial charge in [-0.3, -0.25) is 4.79 Å². The summed E-state index contributed by atoms with van der Waals surface area (Å²) in [6, 6.07) is 9.46. The molecule has 2 nitrogen and oxygen atoms in total. The highest BCUT2D eigenvalue weighted by Gasteiger charge is 2.19. The predicted molar refractivity (Wildman–Crippen MR) is 53.0 cm³/mol. The van der Waals surface area contributed by atoms with Crippen LogP contribution in [0.5, 0.6) is 0 Å². The molecule has 0 amide bonds. The Kier molecular flexibility index (Phi) is 3.20. The van der Waals surface area contributed by atoms with Gasteiger partial charge >= 0.3 is 0 Å². The molecule has 0 aliphatic carbocycles. The summed E-state index contributed by atoms with van der Waals surface area (Å²) in [6.07, 6.45) is 0. The van der Waals surface area contributed by atoms with Crippen molar-refractivity contribution in [2.75, 3.05) is 14.1 Å². The van der Waals surface area contributed by atoms with Gasteiger partial charge in [-0.2, -0.15) is 0 Å². The summed E-state index contributed by atoms with van der Waals surface area (Å²) in [5.74, 6) is 0.209. The van der Waals surface area contributed by atoms with Gasteiger partial charge in [0.05, 0.1) is 14.1 Å².